The molecular weight excluding hydrogens is 408 g/mol. The Morgan fingerprint density at radius 2 is 1.50 bits per heavy atom. The molecule has 0 spiro atoms. The number of hydrogen-bond donors (Lipinski definition) is 0. The van der Waals surface area contributed by atoms with Crippen molar-refractivity contribution in [1.82, 2.24) is 14.7 Å². The van der Waals surface area contributed by atoms with Gasteiger partial charge in [0.2, 0.25) is 0 Å². The Kier molecular flexibility index (Phi) is 8.39. The van der Waals surface area contributed by atoms with Crippen LogP contribution in [0.5, 0.6) is 0 Å². The van der Waals surface area contributed by atoms with Crippen molar-refractivity contribution in [3.05, 3.63) is 45.6 Å². The van der Waals surface area contributed by atoms with Crippen molar-refractivity contribution >= 4 is 23.1 Å². The standard InChI is InChI=1S/C24H34N4O4/c1-3-5-6-7-8-9-14-27-23(29)21(19-10-12-20(13-11-19)28(31)32)22(24(27)30)26-17-15-25(4-2)16-18-26/h10-13H,3-9,14-18H2,1-2H3. The molecule has 2 heterocycles. The van der Waals surface area contributed by atoms with Crippen LogP contribution in [0.4, 0.5) is 5.69 Å². The number of non-ortho nitro benzene ring substituents is 1. The van der Waals surface area contributed by atoms with Gasteiger partial charge in [0.15, 0.2) is 0 Å². The van der Waals surface area contributed by atoms with Crippen molar-refractivity contribution < 1.29 is 14.5 Å². The Bertz CT molecular complexity index is 857. The molecule has 0 aliphatic carbocycles. The number of benzene rings is 1. The molecule has 0 atom stereocenters. The lowest BCUT2D eigenvalue weighted by Gasteiger charge is -2.36. The topological polar surface area (TPSA) is 87.0 Å². The highest BCUT2D eigenvalue weighted by Gasteiger charge is 2.41. The van der Waals surface area contributed by atoms with Gasteiger partial charge in [-0.1, -0.05) is 46.0 Å². The second kappa shape index (κ2) is 11.2. The summed E-state index contributed by atoms with van der Waals surface area (Å²) in [7, 11) is 0. The van der Waals surface area contributed by atoms with E-state index in [1.807, 2.05) is 4.90 Å². The molecule has 8 nitrogen and oxygen atoms in total. The van der Waals surface area contributed by atoms with Crippen molar-refractivity contribution in [1.29, 1.82) is 0 Å². The Morgan fingerprint density at radius 3 is 2.09 bits per heavy atom. The monoisotopic (exact) mass is 442 g/mol. The number of hydrogen-bond acceptors (Lipinski definition) is 6. The second-order valence-electron chi connectivity index (χ2n) is 8.48. The van der Waals surface area contributed by atoms with E-state index in [4.69, 9.17) is 0 Å². The lowest BCUT2D eigenvalue weighted by molar-refractivity contribution is -0.384. The number of rotatable bonds is 11. The predicted molar refractivity (Wildman–Crippen MR) is 124 cm³/mol. The highest BCUT2D eigenvalue weighted by atomic mass is 16.6. The summed E-state index contributed by atoms with van der Waals surface area (Å²) in [5.41, 5.74) is 1.35. The van der Waals surface area contributed by atoms with E-state index in [1.165, 1.54) is 36.3 Å². The second-order valence-corrected chi connectivity index (χ2v) is 8.48. The van der Waals surface area contributed by atoms with E-state index in [-0.39, 0.29) is 17.5 Å². The van der Waals surface area contributed by atoms with E-state index in [0.29, 0.717) is 36.5 Å². The van der Waals surface area contributed by atoms with Crippen molar-refractivity contribution in [2.45, 2.75) is 52.4 Å². The fourth-order valence-electron chi connectivity index (χ4n) is 4.41. The Hall–Kier alpha value is -2.74. The molecule has 0 unspecified atom stereocenters. The van der Waals surface area contributed by atoms with Crippen LogP contribution in [0, 0.1) is 10.1 Å². The van der Waals surface area contributed by atoms with Gasteiger partial charge < -0.3 is 9.80 Å². The first-order valence-electron chi connectivity index (χ1n) is 11.8. The number of nitro benzene ring substituents is 1. The van der Waals surface area contributed by atoms with Crippen LogP contribution in [-0.2, 0) is 9.59 Å². The zero-order chi connectivity index (χ0) is 23.1. The first kappa shape index (κ1) is 23.9. The molecule has 0 aromatic heterocycles. The van der Waals surface area contributed by atoms with Gasteiger partial charge in [0.1, 0.15) is 5.70 Å². The lowest BCUT2D eigenvalue weighted by Crippen LogP contribution is -2.47. The fraction of sp³-hybridized carbons (Fsp3) is 0.583. The summed E-state index contributed by atoms with van der Waals surface area (Å²) in [6.45, 7) is 8.71. The molecule has 2 aliphatic heterocycles. The summed E-state index contributed by atoms with van der Waals surface area (Å²) in [5.74, 6) is -0.521. The lowest BCUT2D eigenvalue weighted by atomic mass is 10.0. The van der Waals surface area contributed by atoms with Crippen LogP contribution in [0.15, 0.2) is 30.0 Å². The quantitative estimate of drug-likeness (QED) is 0.225. The maximum atomic E-state index is 13.4. The van der Waals surface area contributed by atoms with E-state index >= 15 is 0 Å². The van der Waals surface area contributed by atoms with E-state index in [1.54, 1.807) is 12.1 Å². The van der Waals surface area contributed by atoms with Gasteiger partial charge in [-0.05, 0) is 30.7 Å². The van der Waals surface area contributed by atoms with Crippen LogP contribution in [-0.4, -0.2) is 70.7 Å². The van der Waals surface area contributed by atoms with Gasteiger partial charge in [-0.2, -0.15) is 0 Å². The number of carbonyl (C=O) groups excluding carboxylic acids is 2. The first-order valence-corrected chi connectivity index (χ1v) is 11.8. The van der Waals surface area contributed by atoms with Crippen LogP contribution < -0.4 is 0 Å². The number of amides is 2. The Morgan fingerprint density at radius 1 is 0.875 bits per heavy atom. The SMILES string of the molecule is CCCCCCCCN1C(=O)C(c2ccc([N+](=O)[O-])cc2)=C(N2CCN(CC)CC2)C1=O. The minimum absolute atomic E-state index is 0.0341. The average Bonchev–Trinajstić information content (AvgIpc) is 3.06. The molecule has 3 rings (SSSR count). The number of piperazine rings is 1. The molecular formula is C24H34N4O4. The fourth-order valence-corrected chi connectivity index (χ4v) is 4.41. The normalized spacial score (nSPS) is 17.6. The van der Waals surface area contributed by atoms with Crippen molar-refractivity contribution in [2.75, 3.05) is 39.3 Å². The summed E-state index contributed by atoms with van der Waals surface area (Å²) in [6, 6.07) is 5.94. The number of nitro groups is 1. The van der Waals surface area contributed by atoms with Gasteiger partial charge in [-0.3, -0.25) is 24.6 Å². The van der Waals surface area contributed by atoms with Gasteiger partial charge in [0.05, 0.1) is 10.5 Å². The first-order chi connectivity index (χ1) is 15.5. The summed E-state index contributed by atoms with van der Waals surface area (Å²) in [6.07, 6.45) is 6.47. The zero-order valence-electron chi connectivity index (χ0n) is 19.2. The third kappa shape index (κ3) is 5.35. The molecule has 2 amide bonds. The summed E-state index contributed by atoms with van der Waals surface area (Å²) in [5, 5.41) is 11.0. The van der Waals surface area contributed by atoms with Crippen molar-refractivity contribution in [2.24, 2.45) is 0 Å². The molecule has 32 heavy (non-hydrogen) atoms. The van der Waals surface area contributed by atoms with Crippen molar-refractivity contribution in [3.8, 4) is 0 Å². The Balaban J connectivity index is 1.81. The molecule has 0 bridgehead atoms. The van der Waals surface area contributed by atoms with E-state index in [0.717, 1.165) is 38.9 Å². The number of likely N-dealkylation sites (N-methyl/N-ethyl adjacent to an activating group) is 1. The van der Waals surface area contributed by atoms with Crippen LogP contribution in [0.1, 0.15) is 57.9 Å². The Labute approximate surface area is 190 Å². The van der Waals surface area contributed by atoms with E-state index < -0.39 is 4.92 Å². The molecule has 0 N–H and O–H groups in total. The molecule has 8 heteroatoms. The van der Waals surface area contributed by atoms with Crippen LogP contribution in [0.2, 0.25) is 0 Å². The highest BCUT2D eigenvalue weighted by molar-refractivity contribution is 6.35. The molecule has 1 aromatic rings. The third-order valence-corrected chi connectivity index (χ3v) is 6.38. The molecule has 0 radical (unpaired) electrons. The van der Waals surface area contributed by atoms with Crippen LogP contribution in [0.3, 0.4) is 0 Å². The molecule has 2 aliphatic rings. The zero-order valence-corrected chi connectivity index (χ0v) is 19.2. The molecule has 0 saturated carbocycles. The van der Waals surface area contributed by atoms with E-state index in [9.17, 15) is 19.7 Å². The molecule has 1 aromatic carbocycles. The van der Waals surface area contributed by atoms with Gasteiger partial charge in [0, 0.05) is 44.9 Å². The number of imide groups is 1. The molecule has 1 fully saturated rings. The van der Waals surface area contributed by atoms with Crippen molar-refractivity contribution in [3.63, 3.8) is 0 Å². The maximum Gasteiger partial charge on any atom is 0.277 e. The van der Waals surface area contributed by atoms with Gasteiger partial charge in [-0.25, -0.2) is 0 Å². The third-order valence-electron chi connectivity index (χ3n) is 6.38. The average molecular weight is 443 g/mol. The molecule has 1 saturated heterocycles. The minimum atomic E-state index is -0.463. The molecule has 174 valence electrons. The summed E-state index contributed by atoms with van der Waals surface area (Å²) in [4.78, 5) is 43.0. The van der Waals surface area contributed by atoms with Gasteiger partial charge in [0.25, 0.3) is 17.5 Å². The summed E-state index contributed by atoms with van der Waals surface area (Å²) < 4.78 is 0. The predicted octanol–water partition coefficient (Wildman–Crippen LogP) is 3.67. The van der Waals surface area contributed by atoms with Gasteiger partial charge >= 0.3 is 0 Å². The van der Waals surface area contributed by atoms with E-state index in [2.05, 4.69) is 18.7 Å². The van der Waals surface area contributed by atoms with Crippen LogP contribution >= 0.6 is 0 Å². The maximum absolute atomic E-state index is 13.4. The highest BCUT2D eigenvalue weighted by Crippen LogP contribution is 2.33. The van der Waals surface area contributed by atoms with Crippen LogP contribution in [0.25, 0.3) is 5.57 Å². The number of unbranched alkanes of at least 4 members (excludes halogenated alkanes) is 5. The smallest absolute Gasteiger partial charge is 0.277 e. The van der Waals surface area contributed by atoms with Gasteiger partial charge in [-0.15, -0.1) is 0 Å². The number of nitrogens with zero attached hydrogens (tertiary/aromatic N) is 4. The largest absolute Gasteiger partial charge is 0.364 e. The minimum Gasteiger partial charge on any atom is -0.364 e. The summed E-state index contributed by atoms with van der Waals surface area (Å²) >= 11 is 0. The number of carbonyl (C=O) groups is 2.